The minimum Gasteiger partial charge on any atom is -0.349 e. The standard InChI is InChI=1S/C18H13ClFN3O/c19-12-3-6-15-14(9-12)16-17(22-15)18(24)23(10-21-16)8-7-11-1-4-13(20)5-2-11/h1-6,9-10,22H,7-8H2. The monoisotopic (exact) mass is 341 g/mol. The molecule has 4 rings (SSSR count). The van der Waals surface area contributed by atoms with Crippen molar-refractivity contribution in [2.24, 2.45) is 0 Å². The Morgan fingerprint density at radius 3 is 2.75 bits per heavy atom. The lowest BCUT2D eigenvalue weighted by Crippen LogP contribution is -2.21. The van der Waals surface area contributed by atoms with Crippen LogP contribution in [-0.4, -0.2) is 14.5 Å². The molecule has 0 saturated carbocycles. The molecule has 0 saturated heterocycles. The molecule has 0 spiro atoms. The summed E-state index contributed by atoms with van der Waals surface area (Å²) in [4.78, 5) is 20.2. The zero-order valence-electron chi connectivity index (χ0n) is 12.6. The molecule has 6 heteroatoms. The fourth-order valence-corrected chi connectivity index (χ4v) is 2.99. The quantitative estimate of drug-likeness (QED) is 0.614. The van der Waals surface area contributed by atoms with E-state index in [9.17, 15) is 9.18 Å². The molecule has 0 bridgehead atoms. The first-order valence-electron chi connectivity index (χ1n) is 7.52. The number of hydrogen-bond acceptors (Lipinski definition) is 2. The van der Waals surface area contributed by atoms with Crippen molar-refractivity contribution in [3.8, 4) is 0 Å². The predicted octanol–water partition coefficient (Wildman–Crippen LogP) is 3.91. The molecule has 0 aliphatic carbocycles. The van der Waals surface area contributed by atoms with E-state index in [4.69, 9.17) is 11.6 Å². The van der Waals surface area contributed by atoms with E-state index in [0.29, 0.717) is 29.0 Å². The SMILES string of the molecule is O=c1c2[nH]c3ccc(Cl)cc3c2ncn1CCc1ccc(F)cc1. The molecule has 0 fully saturated rings. The average molecular weight is 342 g/mol. The van der Waals surface area contributed by atoms with Crippen molar-refractivity contribution in [1.29, 1.82) is 0 Å². The Labute approximate surface area is 141 Å². The van der Waals surface area contributed by atoms with Crippen LogP contribution in [0.3, 0.4) is 0 Å². The van der Waals surface area contributed by atoms with Gasteiger partial charge in [0.25, 0.3) is 5.56 Å². The molecular formula is C18H13ClFN3O. The molecule has 2 aromatic heterocycles. The number of nitrogens with zero attached hydrogens (tertiary/aromatic N) is 2. The Bertz CT molecular complexity index is 1100. The van der Waals surface area contributed by atoms with Crippen LogP contribution in [0.15, 0.2) is 53.6 Å². The summed E-state index contributed by atoms with van der Waals surface area (Å²) in [5.41, 5.74) is 2.75. The second-order valence-electron chi connectivity index (χ2n) is 5.66. The van der Waals surface area contributed by atoms with Crippen LogP contribution in [0.2, 0.25) is 5.02 Å². The molecule has 0 amide bonds. The lowest BCUT2D eigenvalue weighted by atomic mass is 10.1. The van der Waals surface area contributed by atoms with Crippen LogP contribution in [0.4, 0.5) is 4.39 Å². The second-order valence-corrected chi connectivity index (χ2v) is 6.09. The largest absolute Gasteiger partial charge is 0.349 e. The predicted molar refractivity (Wildman–Crippen MR) is 93.0 cm³/mol. The summed E-state index contributed by atoms with van der Waals surface area (Å²) in [6.07, 6.45) is 2.17. The van der Waals surface area contributed by atoms with E-state index in [1.54, 1.807) is 35.2 Å². The third-order valence-electron chi connectivity index (χ3n) is 4.09. The Morgan fingerprint density at radius 2 is 1.96 bits per heavy atom. The molecule has 120 valence electrons. The highest BCUT2D eigenvalue weighted by Gasteiger charge is 2.11. The molecule has 0 atom stereocenters. The van der Waals surface area contributed by atoms with E-state index in [2.05, 4.69) is 9.97 Å². The second kappa shape index (κ2) is 5.76. The Kier molecular flexibility index (Phi) is 3.58. The minimum atomic E-state index is -0.268. The number of fused-ring (bicyclic) bond motifs is 3. The maximum Gasteiger partial charge on any atom is 0.277 e. The van der Waals surface area contributed by atoms with Gasteiger partial charge in [0, 0.05) is 22.5 Å². The van der Waals surface area contributed by atoms with Gasteiger partial charge in [-0.15, -0.1) is 0 Å². The van der Waals surface area contributed by atoms with Gasteiger partial charge in [-0.25, -0.2) is 9.37 Å². The van der Waals surface area contributed by atoms with Crippen molar-refractivity contribution in [3.05, 3.63) is 75.5 Å². The average Bonchev–Trinajstić information content (AvgIpc) is 2.95. The van der Waals surface area contributed by atoms with Crippen molar-refractivity contribution in [3.63, 3.8) is 0 Å². The van der Waals surface area contributed by atoms with Crippen LogP contribution in [0, 0.1) is 5.82 Å². The molecule has 4 nitrogen and oxygen atoms in total. The van der Waals surface area contributed by atoms with E-state index < -0.39 is 0 Å². The highest BCUT2D eigenvalue weighted by atomic mass is 35.5. The summed E-state index contributed by atoms with van der Waals surface area (Å²) >= 11 is 6.02. The van der Waals surface area contributed by atoms with Gasteiger partial charge in [0.2, 0.25) is 0 Å². The molecule has 0 aliphatic heterocycles. The third-order valence-corrected chi connectivity index (χ3v) is 4.32. The number of rotatable bonds is 3. The lowest BCUT2D eigenvalue weighted by molar-refractivity contribution is 0.624. The van der Waals surface area contributed by atoms with Gasteiger partial charge in [-0.05, 0) is 42.3 Å². The van der Waals surface area contributed by atoms with Crippen molar-refractivity contribution in [2.75, 3.05) is 0 Å². The topological polar surface area (TPSA) is 50.7 Å². The molecular weight excluding hydrogens is 329 g/mol. The van der Waals surface area contributed by atoms with Gasteiger partial charge >= 0.3 is 0 Å². The van der Waals surface area contributed by atoms with Crippen LogP contribution in [0.25, 0.3) is 21.9 Å². The van der Waals surface area contributed by atoms with E-state index in [-0.39, 0.29) is 11.4 Å². The van der Waals surface area contributed by atoms with Crippen LogP contribution in [0.5, 0.6) is 0 Å². The smallest absolute Gasteiger partial charge is 0.277 e. The number of halogens is 2. The van der Waals surface area contributed by atoms with Crippen LogP contribution in [0.1, 0.15) is 5.56 Å². The fourth-order valence-electron chi connectivity index (χ4n) is 2.82. The van der Waals surface area contributed by atoms with Crippen molar-refractivity contribution >= 4 is 33.5 Å². The molecule has 2 heterocycles. The Morgan fingerprint density at radius 1 is 1.17 bits per heavy atom. The number of H-pyrrole nitrogens is 1. The summed E-state index contributed by atoms with van der Waals surface area (Å²) in [7, 11) is 0. The van der Waals surface area contributed by atoms with Gasteiger partial charge in [-0.3, -0.25) is 9.36 Å². The third kappa shape index (κ3) is 2.57. The Balaban J connectivity index is 1.71. The van der Waals surface area contributed by atoms with Crippen LogP contribution >= 0.6 is 11.6 Å². The summed E-state index contributed by atoms with van der Waals surface area (Å²) in [6.45, 7) is 0.476. The van der Waals surface area contributed by atoms with E-state index in [1.807, 2.05) is 6.07 Å². The van der Waals surface area contributed by atoms with Gasteiger partial charge in [-0.2, -0.15) is 0 Å². The fraction of sp³-hybridized carbons (Fsp3) is 0.111. The van der Waals surface area contributed by atoms with E-state index in [1.165, 1.54) is 12.1 Å². The van der Waals surface area contributed by atoms with Gasteiger partial charge in [-0.1, -0.05) is 23.7 Å². The maximum atomic E-state index is 12.9. The summed E-state index contributed by atoms with van der Waals surface area (Å²) in [5.74, 6) is -0.268. The van der Waals surface area contributed by atoms with Crippen molar-refractivity contribution < 1.29 is 4.39 Å². The molecule has 2 aromatic carbocycles. The number of aromatic amines is 1. The summed E-state index contributed by atoms with van der Waals surface area (Å²) in [6, 6.07) is 11.7. The summed E-state index contributed by atoms with van der Waals surface area (Å²) < 4.78 is 14.5. The van der Waals surface area contributed by atoms with Crippen LogP contribution < -0.4 is 5.56 Å². The first-order chi connectivity index (χ1) is 11.6. The first-order valence-corrected chi connectivity index (χ1v) is 7.90. The zero-order chi connectivity index (χ0) is 16.7. The van der Waals surface area contributed by atoms with Crippen molar-refractivity contribution in [2.45, 2.75) is 13.0 Å². The number of hydrogen-bond donors (Lipinski definition) is 1. The van der Waals surface area contributed by atoms with Gasteiger partial charge in [0.05, 0.1) is 6.33 Å². The number of aromatic nitrogens is 3. The van der Waals surface area contributed by atoms with Crippen LogP contribution in [-0.2, 0) is 13.0 Å². The molecule has 1 N–H and O–H groups in total. The van der Waals surface area contributed by atoms with Gasteiger partial charge < -0.3 is 4.98 Å². The minimum absolute atomic E-state index is 0.130. The highest BCUT2D eigenvalue weighted by Crippen LogP contribution is 2.24. The highest BCUT2D eigenvalue weighted by molar-refractivity contribution is 6.31. The summed E-state index contributed by atoms with van der Waals surface area (Å²) in [5, 5.41) is 1.44. The molecule has 24 heavy (non-hydrogen) atoms. The van der Waals surface area contributed by atoms with Crippen molar-refractivity contribution in [1.82, 2.24) is 14.5 Å². The van der Waals surface area contributed by atoms with Gasteiger partial charge in [0.15, 0.2) is 0 Å². The number of benzene rings is 2. The molecule has 4 aromatic rings. The normalized spacial score (nSPS) is 11.4. The number of nitrogens with one attached hydrogen (secondary N) is 1. The van der Waals surface area contributed by atoms with Gasteiger partial charge in [0.1, 0.15) is 16.9 Å². The molecule has 0 aliphatic rings. The van der Waals surface area contributed by atoms with E-state index >= 15 is 0 Å². The zero-order valence-corrected chi connectivity index (χ0v) is 13.3. The Hall–Kier alpha value is -2.66. The maximum absolute atomic E-state index is 12.9. The number of aryl methyl sites for hydroxylation is 2. The molecule has 0 radical (unpaired) electrons. The first kappa shape index (κ1) is 14.9. The molecule has 0 unspecified atom stereocenters. The lowest BCUT2D eigenvalue weighted by Gasteiger charge is -2.05. The van der Waals surface area contributed by atoms with E-state index in [0.717, 1.165) is 16.5 Å².